The van der Waals surface area contributed by atoms with E-state index in [1.54, 1.807) is 4.90 Å². The summed E-state index contributed by atoms with van der Waals surface area (Å²) in [5.74, 6) is 0.568. The quantitative estimate of drug-likeness (QED) is 0.189. The summed E-state index contributed by atoms with van der Waals surface area (Å²) in [5, 5.41) is 14.3. The number of ether oxygens (including phenoxy) is 1. The minimum Gasteiger partial charge on any atom is -0.508 e. The summed E-state index contributed by atoms with van der Waals surface area (Å²) in [5.41, 5.74) is -2.46. The molecule has 2 bridgehead atoms. The smallest absolute Gasteiger partial charge is 0.390 e. The van der Waals surface area contributed by atoms with E-state index in [4.69, 9.17) is 11.2 Å². The Morgan fingerprint density at radius 1 is 1.14 bits per heavy atom. The molecule has 49 heavy (non-hydrogen) atoms. The predicted molar refractivity (Wildman–Crippen MR) is 170 cm³/mol. The molecule has 0 amide bonds. The first-order chi connectivity index (χ1) is 23.4. The Kier molecular flexibility index (Phi) is 7.38. The largest absolute Gasteiger partial charge is 0.508 e. The van der Waals surface area contributed by atoms with Crippen molar-refractivity contribution in [3.8, 4) is 35.4 Å². The van der Waals surface area contributed by atoms with Crippen LogP contribution < -0.4 is 15.0 Å². The van der Waals surface area contributed by atoms with Gasteiger partial charge in [-0.2, -0.15) is 23.1 Å². The molecule has 4 saturated heterocycles. The second kappa shape index (κ2) is 11.3. The van der Waals surface area contributed by atoms with Crippen LogP contribution in [-0.4, -0.2) is 87.2 Å². The number of halogens is 6. The summed E-state index contributed by atoms with van der Waals surface area (Å²) in [6.45, 7) is 1.30. The highest BCUT2D eigenvalue weighted by atomic mass is 19.4. The standard InChI is InChI=1S/C35H32F6N6O2/c1-2-23-26(37)5-4-19-10-22(48)11-24(27(19)23)29-28(38)30-25(13-42-29)31(46-15-21-6-8-33(17-46,45-21)16-35(39,40)41)44-32(43-30)49-18-34-7-3-9-47(34)14-20(36)12-34/h1,4-5,10-11,13,20-21,45,48H,3,6-9,12,14-18H2/t20-,21?,33?,34+/m1/s1. The lowest BCUT2D eigenvalue weighted by Crippen LogP contribution is -2.61. The molecule has 4 atom stereocenters. The maximum Gasteiger partial charge on any atom is 0.390 e. The molecule has 8 rings (SSSR count). The summed E-state index contributed by atoms with van der Waals surface area (Å²) < 4.78 is 93.6. The van der Waals surface area contributed by atoms with Crippen LogP contribution in [0, 0.1) is 24.0 Å². The number of fused-ring (bicyclic) bond motifs is 5. The number of nitrogens with zero attached hydrogens (tertiary/aromatic N) is 5. The maximum atomic E-state index is 16.9. The third-order valence-electron chi connectivity index (χ3n) is 10.6. The highest BCUT2D eigenvalue weighted by Gasteiger charge is 2.52. The lowest BCUT2D eigenvalue weighted by Gasteiger charge is -2.42. The van der Waals surface area contributed by atoms with E-state index < -0.39 is 41.5 Å². The fourth-order valence-corrected chi connectivity index (χ4v) is 8.64. The fraction of sp³-hybridized carbons (Fsp3) is 0.457. The Bertz CT molecular complexity index is 2040. The van der Waals surface area contributed by atoms with E-state index in [2.05, 4.69) is 26.2 Å². The van der Waals surface area contributed by atoms with Crippen LogP contribution in [0.1, 0.15) is 44.1 Å². The number of aromatic hydroxyl groups is 1. The molecule has 0 radical (unpaired) electrons. The molecule has 8 nitrogen and oxygen atoms in total. The van der Waals surface area contributed by atoms with Gasteiger partial charge in [-0.1, -0.05) is 12.0 Å². The number of hydrogen-bond acceptors (Lipinski definition) is 8. The van der Waals surface area contributed by atoms with Crippen LogP contribution in [0.15, 0.2) is 30.5 Å². The second-order valence-electron chi connectivity index (χ2n) is 13.9. The Morgan fingerprint density at radius 3 is 2.78 bits per heavy atom. The zero-order valence-electron chi connectivity index (χ0n) is 26.3. The van der Waals surface area contributed by atoms with Crippen LogP contribution >= 0.6 is 0 Å². The molecular formula is C35H32F6N6O2. The minimum atomic E-state index is -4.42. The van der Waals surface area contributed by atoms with Crippen molar-refractivity contribution in [3.05, 3.63) is 47.7 Å². The predicted octanol–water partition coefficient (Wildman–Crippen LogP) is 6.03. The Morgan fingerprint density at radius 2 is 1.98 bits per heavy atom. The number of anilines is 1. The van der Waals surface area contributed by atoms with Crippen molar-refractivity contribution in [2.24, 2.45) is 0 Å². The number of aromatic nitrogens is 3. The molecule has 4 fully saturated rings. The van der Waals surface area contributed by atoms with E-state index in [9.17, 15) is 27.1 Å². The van der Waals surface area contributed by atoms with Gasteiger partial charge in [0.15, 0.2) is 5.82 Å². The average molecular weight is 683 g/mol. The van der Waals surface area contributed by atoms with Crippen LogP contribution in [0.5, 0.6) is 11.8 Å². The molecule has 4 aromatic rings. The molecule has 4 aliphatic heterocycles. The third-order valence-corrected chi connectivity index (χ3v) is 10.6. The number of alkyl halides is 4. The van der Waals surface area contributed by atoms with E-state index >= 15 is 4.39 Å². The van der Waals surface area contributed by atoms with Crippen molar-refractivity contribution in [3.63, 3.8) is 0 Å². The second-order valence-corrected chi connectivity index (χ2v) is 13.9. The summed E-state index contributed by atoms with van der Waals surface area (Å²) in [6, 6.07) is 4.69. The molecular weight excluding hydrogens is 650 g/mol. The number of terminal acetylenes is 1. The molecule has 4 aliphatic rings. The van der Waals surface area contributed by atoms with E-state index in [-0.39, 0.29) is 76.3 Å². The first kappa shape index (κ1) is 31.9. The lowest BCUT2D eigenvalue weighted by atomic mass is 9.92. The first-order valence-electron chi connectivity index (χ1n) is 16.3. The van der Waals surface area contributed by atoms with Crippen LogP contribution in [0.3, 0.4) is 0 Å². The van der Waals surface area contributed by atoms with E-state index in [1.807, 2.05) is 4.90 Å². The number of phenolic OH excluding ortho intramolecular Hbond substituents is 1. The number of nitrogens with one attached hydrogen (secondary N) is 1. The molecule has 256 valence electrons. The normalized spacial score (nSPS) is 26.8. The molecule has 2 N–H and O–H groups in total. The highest BCUT2D eigenvalue weighted by Crippen LogP contribution is 2.44. The minimum absolute atomic E-state index is 0.0225. The molecule has 2 unspecified atom stereocenters. The van der Waals surface area contributed by atoms with Crippen molar-refractivity contribution in [1.29, 1.82) is 0 Å². The number of piperazine rings is 1. The van der Waals surface area contributed by atoms with E-state index in [0.29, 0.717) is 37.7 Å². The average Bonchev–Trinajstić information content (AvgIpc) is 3.67. The molecule has 6 heterocycles. The van der Waals surface area contributed by atoms with E-state index in [1.165, 1.54) is 24.4 Å². The highest BCUT2D eigenvalue weighted by molar-refractivity contribution is 6.03. The molecule has 0 aliphatic carbocycles. The third kappa shape index (κ3) is 5.47. The van der Waals surface area contributed by atoms with Crippen LogP contribution in [0.4, 0.5) is 32.2 Å². The molecule has 0 saturated carbocycles. The molecule has 14 heteroatoms. The molecule has 0 spiro atoms. The summed E-state index contributed by atoms with van der Waals surface area (Å²) in [6.07, 6.45) is 3.16. The zero-order valence-corrected chi connectivity index (χ0v) is 26.3. The Hall–Kier alpha value is -4.35. The zero-order chi connectivity index (χ0) is 34.3. The number of benzene rings is 2. The summed E-state index contributed by atoms with van der Waals surface area (Å²) in [7, 11) is 0. The van der Waals surface area contributed by atoms with Gasteiger partial charge in [0, 0.05) is 54.8 Å². The van der Waals surface area contributed by atoms with Gasteiger partial charge in [-0.25, -0.2) is 13.2 Å². The fourth-order valence-electron chi connectivity index (χ4n) is 8.64. The Balaban J connectivity index is 1.27. The van der Waals surface area contributed by atoms with Crippen molar-refractivity contribution in [2.75, 3.05) is 37.7 Å². The van der Waals surface area contributed by atoms with Crippen molar-refractivity contribution >= 4 is 27.5 Å². The van der Waals surface area contributed by atoms with Gasteiger partial charge < -0.3 is 20.1 Å². The van der Waals surface area contributed by atoms with E-state index in [0.717, 1.165) is 19.0 Å². The van der Waals surface area contributed by atoms with Gasteiger partial charge in [-0.3, -0.25) is 9.88 Å². The van der Waals surface area contributed by atoms with Gasteiger partial charge in [0.2, 0.25) is 0 Å². The van der Waals surface area contributed by atoms with Crippen molar-refractivity contribution in [2.45, 2.75) is 68.0 Å². The SMILES string of the molecule is C#Cc1c(F)ccc2cc(O)cc(-c3ncc4c(N5CC6CCC(CC(F)(F)F)(C5)N6)nc(OC[C@@]56CCCN5C[C@H](F)C6)nc4c3F)c12. The Labute approximate surface area is 277 Å². The van der Waals surface area contributed by atoms with Gasteiger partial charge in [0.25, 0.3) is 0 Å². The van der Waals surface area contributed by atoms with Crippen LogP contribution in [0.25, 0.3) is 32.9 Å². The van der Waals surface area contributed by atoms with Crippen molar-refractivity contribution < 1.29 is 36.2 Å². The number of rotatable bonds is 6. The summed E-state index contributed by atoms with van der Waals surface area (Å²) in [4.78, 5) is 17.2. The molecule has 2 aromatic heterocycles. The van der Waals surface area contributed by atoms with Crippen LogP contribution in [0.2, 0.25) is 0 Å². The van der Waals surface area contributed by atoms with Gasteiger partial charge in [0.05, 0.1) is 22.9 Å². The topological polar surface area (TPSA) is 86.6 Å². The van der Waals surface area contributed by atoms with Gasteiger partial charge in [-0.15, -0.1) is 6.42 Å². The number of pyridine rings is 1. The lowest BCUT2D eigenvalue weighted by molar-refractivity contribution is -0.149. The van der Waals surface area contributed by atoms with Gasteiger partial charge in [-0.05, 0) is 55.8 Å². The monoisotopic (exact) mass is 682 g/mol. The van der Waals surface area contributed by atoms with Crippen LogP contribution in [-0.2, 0) is 0 Å². The van der Waals surface area contributed by atoms with Crippen molar-refractivity contribution in [1.82, 2.24) is 25.2 Å². The maximum absolute atomic E-state index is 16.9. The number of phenols is 1. The first-order valence-corrected chi connectivity index (χ1v) is 16.3. The summed E-state index contributed by atoms with van der Waals surface area (Å²) >= 11 is 0. The van der Waals surface area contributed by atoms with Gasteiger partial charge >= 0.3 is 12.2 Å². The van der Waals surface area contributed by atoms with Gasteiger partial charge in [0.1, 0.15) is 41.4 Å². The molecule has 2 aromatic carbocycles. The number of hydrogen-bond donors (Lipinski definition) is 2.